The van der Waals surface area contributed by atoms with E-state index in [0.29, 0.717) is 12.1 Å². The zero-order valence-corrected chi connectivity index (χ0v) is 9.92. The monoisotopic (exact) mass is 270 g/mol. The van der Waals surface area contributed by atoms with E-state index in [9.17, 15) is 22.7 Å². The first kappa shape index (κ1) is 13.5. The molecule has 0 saturated carbocycles. The molecule has 0 radical (unpaired) electrons. The van der Waals surface area contributed by atoms with Gasteiger partial charge in [0, 0.05) is 12.1 Å². The van der Waals surface area contributed by atoms with Gasteiger partial charge < -0.3 is 5.11 Å². The second-order valence-electron chi connectivity index (χ2n) is 4.19. The van der Waals surface area contributed by atoms with Crippen molar-refractivity contribution in [1.82, 2.24) is 0 Å². The van der Waals surface area contributed by atoms with Crippen molar-refractivity contribution >= 4 is 0 Å². The molecular formula is C14H10F4O. The molecule has 0 fully saturated rings. The lowest BCUT2D eigenvalue weighted by molar-refractivity contribution is 0.208. The van der Waals surface area contributed by atoms with E-state index in [1.54, 1.807) is 0 Å². The molecule has 1 unspecified atom stereocenters. The number of aryl methyl sites for hydroxylation is 1. The molecule has 0 amide bonds. The van der Waals surface area contributed by atoms with Gasteiger partial charge in [-0.25, -0.2) is 17.6 Å². The van der Waals surface area contributed by atoms with Crippen molar-refractivity contribution < 1.29 is 22.7 Å². The molecule has 0 aliphatic heterocycles. The van der Waals surface area contributed by atoms with Gasteiger partial charge in [0.05, 0.1) is 5.56 Å². The van der Waals surface area contributed by atoms with Crippen molar-refractivity contribution in [3.05, 3.63) is 70.3 Å². The smallest absolute Gasteiger partial charge is 0.135 e. The predicted molar refractivity (Wildman–Crippen MR) is 61.5 cm³/mol. The molecule has 0 spiro atoms. The van der Waals surface area contributed by atoms with E-state index in [4.69, 9.17) is 0 Å². The van der Waals surface area contributed by atoms with Crippen LogP contribution in [-0.4, -0.2) is 5.11 Å². The van der Waals surface area contributed by atoms with Crippen LogP contribution in [-0.2, 0) is 0 Å². The highest BCUT2D eigenvalue weighted by Crippen LogP contribution is 2.28. The van der Waals surface area contributed by atoms with E-state index in [0.717, 1.165) is 6.07 Å². The molecule has 2 aromatic carbocycles. The third-order valence-corrected chi connectivity index (χ3v) is 2.82. The Morgan fingerprint density at radius 3 is 2.00 bits per heavy atom. The molecule has 1 atom stereocenters. The third kappa shape index (κ3) is 2.61. The molecule has 2 rings (SSSR count). The minimum Gasteiger partial charge on any atom is -0.383 e. The Morgan fingerprint density at radius 2 is 1.47 bits per heavy atom. The van der Waals surface area contributed by atoms with Gasteiger partial charge in [-0.05, 0) is 24.1 Å². The van der Waals surface area contributed by atoms with Crippen LogP contribution in [0.4, 0.5) is 17.6 Å². The first-order chi connectivity index (χ1) is 8.90. The van der Waals surface area contributed by atoms with Gasteiger partial charge in [0.15, 0.2) is 0 Å². The lowest BCUT2D eigenvalue weighted by Crippen LogP contribution is -2.07. The van der Waals surface area contributed by atoms with Crippen LogP contribution >= 0.6 is 0 Å². The fraction of sp³-hybridized carbons (Fsp3) is 0.143. The summed E-state index contributed by atoms with van der Waals surface area (Å²) in [6.07, 6.45) is -1.63. The summed E-state index contributed by atoms with van der Waals surface area (Å²) in [5, 5.41) is 9.93. The van der Waals surface area contributed by atoms with E-state index < -0.39 is 34.9 Å². The topological polar surface area (TPSA) is 20.2 Å². The summed E-state index contributed by atoms with van der Waals surface area (Å²) in [6, 6.07) is 4.56. The number of halogens is 4. The van der Waals surface area contributed by atoms with Crippen molar-refractivity contribution in [3.8, 4) is 0 Å². The Morgan fingerprint density at radius 1 is 0.895 bits per heavy atom. The van der Waals surface area contributed by atoms with E-state index in [1.165, 1.54) is 19.1 Å². The molecule has 19 heavy (non-hydrogen) atoms. The summed E-state index contributed by atoms with van der Waals surface area (Å²) in [5.41, 5.74) is -0.296. The molecule has 0 saturated heterocycles. The van der Waals surface area contributed by atoms with Crippen LogP contribution in [0.3, 0.4) is 0 Å². The quantitative estimate of drug-likeness (QED) is 0.826. The van der Waals surface area contributed by atoms with Gasteiger partial charge in [-0.15, -0.1) is 0 Å². The van der Waals surface area contributed by atoms with Crippen molar-refractivity contribution in [2.75, 3.05) is 0 Å². The second-order valence-corrected chi connectivity index (χ2v) is 4.19. The Bertz CT molecular complexity index is 602. The number of hydrogen-bond donors (Lipinski definition) is 1. The van der Waals surface area contributed by atoms with Gasteiger partial charge >= 0.3 is 0 Å². The SMILES string of the molecule is Cc1cc(C(O)c2c(F)cc(F)cc2F)ccc1F. The second kappa shape index (κ2) is 5.01. The average molecular weight is 270 g/mol. The highest BCUT2D eigenvalue weighted by molar-refractivity contribution is 5.34. The molecule has 1 nitrogen and oxygen atoms in total. The minimum absolute atomic E-state index is 0.128. The van der Waals surface area contributed by atoms with Gasteiger partial charge in [-0.2, -0.15) is 0 Å². The zero-order valence-electron chi connectivity index (χ0n) is 9.92. The molecule has 0 aliphatic carbocycles. The maximum Gasteiger partial charge on any atom is 0.135 e. The Kier molecular flexibility index (Phi) is 3.57. The Hall–Kier alpha value is -1.88. The van der Waals surface area contributed by atoms with Crippen LogP contribution in [0.1, 0.15) is 22.8 Å². The van der Waals surface area contributed by atoms with Crippen LogP contribution in [0.2, 0.25) is 0 Å². The third-order valence-electron chi connectivity index (χ3n) is 2.82. The minimum atomic E-state index is -1.63. The lowest BCUT2D eigenvalue weighted by atomic mass is 9.99. The largest absolute Gasteiger partial charge is 0.383 e. The summed E-state index contributed by atoms with van der Waals surface area (Å²) in [4.78, 5) is 0. The predicted octanol–water partition coefficient (Wildman–Crippen LogP) is 3.63. The number of benzene rings is 2. The number of aliphatic hydroxyl groups is 1. The van der Waals surface area contributed by atoms with E-state index in [2.05, 4.69) is 0 Å². The van der Waals surface area contributed by atoms with Gasteiger partial charge in [-0.1, -0.05) is 12.1 Å². The van der Waals surface area contributed by atoms with Gasteiger partial charge in [0.1, 0.15) is 29.4 Å². The fourth-order valence-corrected chi connectivity index (χ4v) is 1.82. The van der Waals surface area contributed by atoms with Crippen molar-refractivity contribution in [2.45, 2.75) is 13.0 Å². The molecule has 2 aromatic rings. The Labute approximate surface area is 107 Å². The van der Waals surface area contributed by atoms with Crippen LogP contribution in [0.5, 0.6) is 0 Å². The standard InChI is InChI=1S/C14H10F4O/c1-7-4-8(2-3-10(7)16)14(19)13-11(17)5-9(15)6-12(13)18/h2-6,14,19H,1H3. The molecule has 0 aliphatic rings. The number of hydrogen-bond acceptors (Lipinski definition) is 1. The lowest BCUT2D eigenvalue weighted by Gasteiger charge is -2.14. The van der Waals surface area contributed by atoms with E-state index in [1.807, 2.05) is 0 Å². The highest BCUT2D eigenvalue weighted by atomic mass is 19.1. The van der Waals surface area contributed by atoms with Gasteiger partial charge in [0.2, 0.25) is 0 Å². The van der Waals surface area contributed by atoms with Gasteiger partial charge in [0.25, 0.3) is 0 Å². The molecule has 5 heteroatoms. The van der Waals surface area contributed by atoms with Crippen LogP contribution in [0, 0.1) is 30.2 Å². The first-order valence-electron chi connectivity index (χ1n) is 5.48. The summed E-state index contributed by atoms with van der Waals surface area (Å²) >= 11 is 0. The maximum absolute atomic E-state index is 13.5. The van der Waals surface area contributed by atoms with Crippen LogP contribution in [0.25, 0.3) is 0 Å². The highest BCUT2D eigenvalue weighted by Gasteiger charge is 2.21. The molecule has 1 N–H and O–H groups in total. The van der Waals surface area contributed by atoms with Gasteiger partial charge in [-0.3, -0.25) is 0 Å². The first-order valence-corrected chi connectivity index (χ1v) is 5.48. The number of aliphatic hydroxyl groups excluding tert-OH is 1. The van der Waals surface area contributed by atoms with Crippen LogP contribution < -0.4 is 0 Å². The molecule has 0 heterocycles. The normalized spacial score (nSPS) is 12.5. The maximum atomic E-state index is 13.5. The average Bonchev–Trinajstić information content (AvgIpc) is 2.31. The van der Waals surface area contributed by atoms with E-state index in [-0.39, 0.29) is 11.1 Å². The molecule has 0 bridgehead atoms. The van der Waals surface area contributed by atoms with Crippen LogP contribution in [0.15, 0.2) is 30.3 Å². The number of rotatable bonds is 2. The fourth-order valence-electron chi connectivity index (χ4n) is 1.82. The summed E-state index contributed by atoms with van der Waals surface area (Å²) in [6.45, 7) is 1.46. The van der Waals surface area contributed by atoms with Crippen molar-refractivity contribution in [1.29, 1.82) is 0 Å². The van der Waals surface area contributed by atoms with Crippen molar-refractivity contribution in [3.63, 3.8) is 0 Å². The zero-order chi connectivity index (χ0) is 14.2. The Balaban J connectivity index is 2.49. The summed E-state index contributed by atoms with van der Waals surface area (Å²) < 4.78 is 52.9. The summed E-state index contributed by atoms with van der Waals surface area (Å²) in [7, 11) is 0. The van der Waals surface area contributed by atoms with Crippen molar-refractivity contribution in [2.24, 2.45) is 0 Å². The molecule has 0 aromatic heterocycles. The molecule has 100 valence electrons. The molecular weight excluding hydrogens is 260 g/mol. The van der Waals surface area contributed by atoms with E-state index >= 15 is 0 Å². The summed E-state index contributed by atoms with van der Waals surface area (Å²) in [5.74, 6) is -3.93.